The molecule has 1 heterocycles. The van der Waals surface area contributed by atoms with Crippen molar-refractivity contribution in [3.63, 3.8) is 0 Å². The van der Waals surface area contributed by atoms with Crippen LogP contribution < -0.4 is 11.5 Å². The zero-order valence-electron chi connectivity index (χ0n) is 5.61. The van der Waals surface area contributed by atoms with E-state index in [9.17, 15) is 0 Å². The van der Waals surface area contributed by atoms with Crippen LogP contribution in [0.4, 0.5) is 0 Å². The van der Waals surface area contributed by atoms with Crippen molar-refractivity contribution in [1.82, 2.24) is 11.5 Å². The van der Waals surface area contributed by atoms with E-state index in [1.807, 2.05) is 0 Å². The van der Waals surface area contributed by atoms with E-state index in [1.165, 1.54) is 25.8 Å². The van der Waals surface area contributed by atoms with Crippen molar-refractivity contribution < 1.29 is 0 Å². The molecule has 2 nitrogen and oxygen atoms in total. The fraction of sp³-hybridized carbons (Fsp3) is 1.00. The summed E-state index contributed by atoms with van der Waals surface area (Å²) in [4.78, 5) is 0. The van der Waals surface area contributed by atoms with Crippen LogP contribution in [0.3, 0.4) is 0 Å². The Bertz CT molecular complexity index is 48.5. The maximum absolute atomic E-state index is 3.41. The Kier molecular flexibility index (Phi) is 3.83. The van der Waals surface area contributed by atoms with Gasteiger partial charge in [-0.05, 0) is 25.8 Å². The zero-order valence-corrected chi connectivity index (χ0v) is 5.61. The quantitative estimate of drug-likeness (QED) is 0.542. The molecule has 0 aromatic rings. The predicted octanol–water partition coefficient (Wildman–Crippen LogP) is 1.31. The van der Waals surface area contributed by atoms with Crippen molar-refractivity contribution in [3.8, 4) is 0 Å². The number of nitrogens with one attached hydrogen (secondary N) is 1. The maximum Gasteiger partial charge on any atom is 0.00649 e. The van der Waals surface area contributed by atoms with E-state index in [-0.39, 0.29) is 6.15 Å². The second kappa shape index (κ2) is 3.87. The molecule has 0 amide bonds. The highest BCUT2D eigenvalue weighted by Crippen LogP contribution is 2.06. The number of hydrogen-bond acceptors (Lipinski definition) is 2. The molecule has 1 rings (SSSR count). The van der Waals surface area contributed by atoms with Gasteiger partial charge in [-0.25, -0.2) is 0 Å². The Balaban J connectivity index is 0.000000490. The molecule has 0 radical (unpaired) electrons. The summed E-state index contributed by atoms with van der Waals surface area (Å²) in [6.07, 6.45) is 4.09. The van der Waals surface area contributed by atoms with Crippen molar-refractivity contribution in [2.45, 2.75) is 32.2 Å². The fourth-order valence-electron chi connectivity index (χ4n) is 1.11. The molecule has 1 aliphatic rings. The Labute approximate surface area is 51.2 Å². The highest BCUT2D eigenvalue weighted by Gasteiger charge is 2.09. The monoisotopic (exact) mass is 116 g/mol. The molecule has 0 bridgehead atoms. The smallest absolute Gasteiger partial charge is 0.00649 e. The summed E-state index contributed by atoms with van der Waals surface area (Å²) in [5.41, 5.74) is 0. The summed E-state index contributed by atoms with van der Waals surface area (Å²) < 4.78 is 0. The van der Waals surface area contributed by atoms with Gasteiger partial charge in [-0.15, -0.1) is 0 Å². The lowest BCUT2D eigenvalue weighted by Crippen LogP contribution is -2.19. The van der Waals surface area contributed by atoms with Crippen LogP contribution in [0.25, 0.3) is 0 Å². The molecule has 1 aliphatic heterocycles. The molecular formula is C6H16N2. The van der Waals surface area contributed by atoms with E-state index in [2.05, 4.69) is 12.2 Å². The molecule has 1 unspecified atom stereocenters. The summed E-state index contributed by atoms with van der Waals surface area (Å²) >= 11 is 0. The Hall–Kier alpha value is -0.0800. The average molecular weight is 116 g/mol. The van der Waals surface area contributed by atoms with Crippen molar-refractivity contribution >= 4 is 0 Å². The Morgan fingerprint density at radius 2 is 2.38 bits per heavy atom. The molecule has 0 aromatic heterocycles. The van der Waals surface area contributed by atoms with E-state index >= 15 is 0 Å². The molecule has 0 aromatic carbocycles. The van der Waals surface area contributed by atoms with Crippen LogP contribution in [0.1, 0.15) is 26.2 Å². The van der Waals surface area contributed by atoms with Gasteiger partial charge in [0.25, 0.3) is 0 Å². The first-order valence-electron chi connectivity index (χ1n) is 3.17. The average Bonchev–Trinajstić information content (AvgIpc) is 2.14. The number of rotatable bonds is 1. The van der Waals surface area contributed by atoms with Crippen LogP contribution in [0.15, 0.2) is 0 Å². The third kappa shape index (κ3) is 1.80. The summed E-state index contributed by atoms with van der Waals surface area (Å²) in [7, 11) is 0. The topological polar surface area (TPSA) is 47.0 Å². The lowest BCUT2D eigenvalue weighted by molar-refractivity contribution is 0.587. The van der Waals surface area contributed by atoms with Crippen LogP contribution >= 0.6 is 0 Å². The third-order valence-electron chi connectivity index (χ3n) is 1.66. The first kappa shape index (κ1) is 7.92. The molecule has 1 atom stereocenters. The Morgan fingerprint density at radius 1 is 1.62 bits per heavy atom. The van der Waals surface area contributed by atoms with Crippen LogP contribution in [0, 0.1) is 0 Å². The van der Waals surface area contributed by atoms with Crippen molar-refractivity contribution in [1.29, 1.82) is 0 Å². The SMILES string of the molecule is CCC1CCCN1.N. The molecule has 1 saturated heterocycles. The third-order valence-corrected chi connectivity index (χ3v) is 1.66. The molecule has 1 fully saturated rings. The van der Waals surface area contributed by atoms with Crippen molar-refractivity contribution in [2.24, 2.45) is 0 Å². The molecule has 4 N–H and O–H groups in total. The second-order valence-electron chi connectivity index (χ2n) is 2.20. The fourth-order valence-corrected chi connectivity index (χ4v) is 1.11. The van der Waals surface area contributed by atoms with Crippen molar-refractivity contribution in [2.75, 3.05) is 6.54 Å². The van der Waals surface area contributed by atoms with Crippen molar-refractivity contribution in [3.05, 3.63) is 0 Å². The van der Waals surface area contributed by atoms with Gasteiger partial charge >= 0.3 is 0 Å². The van der Waals surface area contributed by atoms with E-state index in [0.29, 0.717) is 0 Å². The van der Waals surface area contributed by atoms with Gasteiger partial charge in [0.15, 0.2) is 0 Å². The van der Waals surface area contributed by atoms with Gasteiger partial charge in [0.1, 0.15) is 0 Å². The molecular weight excluding hydrogens is 100 g/mol. The summed E-state index contributed by atoms with van der Waals surface area (Å²) in [5, 5.41) is 3.41. The number of hydrogen-bond donors (Lipinski definition) is 2. The minimum Gasteiger partial charge on any atom is -0.344 e. The van der Waals surface area contributed by atoms with E-state index in [4.69, 9.17) is 0 Å². The molecule has 50 valence electrons. The largest absolute Gasteiger partial charge is 0.344 e. The summed E-state index contributed by atoms with van der Waals surface area (Å²) in [6.45, 7) is 3.49. The van der Waals surface area contributed by atoms with Gasteiger partial charge in [-0.1, -0.05) is 6.92 Å². The van der Waals surface area contributed by atoms with Crippen LogP contribution in [0.5, 0.6) is 0 Å². The first-order valence-corrected chi connectivity index (χ1v) is 3.17. The molecule has 0 aliphatic carbocycles. The van der Waals surface area contributed by atoms with Gasteiger partial charge in [0.05, 0.1) is 0 Å². The van der Waals surface area contributed by atoms with E-state index < -0.39 is 0 Å². The first-order chi connectivity index (χ1) is 3.43. The van der Waals surface area contributed by atoms with Crippen LogP contribution in [-0.4, -0.2) is 12.6 Å². The van der Waals surface area contributed by atoms with Gasteiger partial charge in [0.2, 0.25) is 0 Å². The molecule has 2 heteroatoms. The highest BCUT2D eigenvalue weighted by molar-refractivity contribution is 4.71. The molecule has 0 saturated carbocycles. The van der Waals surface area contributed by atoms with Gasteiger partial charge < -0.3 is 11.5 Å². The summed E-state index contributed by atoms with van der Waals surface area (Å²) in [5.74, 6) is 0. The maximum atomic E-state index is 3.41. The summed E-state index contributed by atoms with van der Waals surface area (Å²) in [6, 6.07) is 0.847. The lowest BCUT2D eigenvalue weighted by Gasteiger charge is -2.02. The minimum atomic E-state index is 0. The Morgan fingerprint density at radius 3 is 2.62 bits per heavy atom. The van der Waals surface area contributed by atoms with E-state index in [1.54, 1.807) is 0 Å². The van der Waals surface area contributed by atoms with Crippen LogP contribution in [0.2, 0.25) is 0 Å². The van der Waals surface area contributed by atoms with Gasteiger partial charge in [-0.3, -0.25) is 0 Å². The standard InChI is InChI=1S/C6H13N.H3N/c1-2-6-4-3-5-7-6;/h6-7H,2-5H2,1H3;1H3. The molecule has 0 spiro atoms. The normalized spacial score (nSPS) is 27.4. The zero-order chi connectivity index (χ0) is 5.11. The second-order valence-corrected chi connectivity index (χ2v) is 2.20. The minimum absolute atomic E-state index is 0. The molecule has 8 heavy (non-hydrogen) atoms. The van der Waals surface area contributed by atoms with E-state index in [0.717, 1.165) is 6.04 Å². The van der Waals surface area contributed by atoms with Gasteiger partial charge in [-0.2, -0.15) is 0 Å². The predicted molar refractivity (Wildman–Crippen MR) is 36.3 cm³/mol. The van der Waals surface area contributed by atoms with Gasteiger partial charge in [0, 0.05) is 6.04 Å². The lowest BCUT2D eigenvalue weighted by atomic mass is 10.2. The highest BCUT2D eigenvalue weighted by atomic mass is 14.9. The van der Waals surface area contributed by atoms with Crippen LogP contribution in [-0.2, 0) is 0 Å².